The van der Waals surface area contributed by atoms with Crippen molar-refractivity contribution in [2.24, 2.45) is 16.2 Å². The second kappa shape index (κ2) is 14.6. The first-order valence-electron chi connectivity index (χ1n) is 17.6. The first-order valence-corrected chi connectivity index (χ1v) is 19.3. The lowest BCUT2D eigenvalue weighted by molar-refractivity contribution is -0.0235. The summed E-state index contributed by atoms with van der Waals surface area (Å²) >= 11 is 6.46. The van der Waals surface area contributed by atoms with E-state index in [1.807, 2.05) is 18.2 Å². The Morgan fingerprint density at radius 2 is 1.98 bits per heavy atom. The van der Waals surface area contributed by atoms with E-state index in [-0.39, 0.29) is 11.5 Å². The molecule has 1 saturated carbocycles. The van der Waals surface area contributed by atoms with Crippen molar-refractivity contribution in [3.8, 4) is 5.75 Å². The Bertz CT molecular complexity index is 1570. The van der Waals surface area contributed by atoms with Gasteiger partial charge in [0.15, 0.2) is 0 Å². The van der Waals surface area contributed by atoms with Crippen molar-refractivity contribution in [3.63, 3.8) is 0 Å². The first-order chi connectivity index (χ1) is 22.9. The number of nitrogens with zero attached hydrogens (tertiary/aromatic N) is 4. The number of fused-ring (bicyclic) bond motifs is 4. The fourth-order valence-electron chi connectivity index (χ4n) is 8.28. The van der Waals surface area contributed by atoms with Gasteiger partial charge < -0.3 is 19.3 Å². The molecule has 254 valence electrons. The van der Waals surface area contributed by atoms with Gasteiger partial charge >= 0.3 is 0 Å². The fraction of sp³-hybridized carbons (Fsp3) is 0.595. The van der Waals surface area contributed by atoms with Gasteiger partial charge in [0.2, 0.25) is 0 Å². The van der Waals surface area contributed by atoms with Gasteiger partial charge in [0, 0.05) is 78.2 Å². The van der Waals surface area contributed by atoms with Crippen LogP contribution in [0.1, 0.15) is 60.0 Å². The van der Waals surface area contributed by atoms with Gasteiger partial charge in [-0.1, -0.05) is 29.8 Å². The van der Waals surface area contributed by atoms with E-state index in [1.165, 1.54) is 11.1 Å². The van der Waals surface area contributed by atoms with E-state index in [0.29, 0.717) is 29.8 Å². The van der Waals surface area contributed by atoms with Gasteiger partial charge in [0.05, 0.1) is 25.0 Å². The zero-order chi connectivity index (χ0) is 32.4. The standard InChI is InChI=1S/C37H49ClN4O4S/c1-40-15-17-41(18-16-40)19-20-45-34-7-3-2-4-21-47(44)39-36(43)28-9-13-35-33(23-28)42(24-29-8-11-31(29)34)25-37(26-46-35)14-5-6-27-22-30(38)10-12-32(27)37/h3,7,9-10,12-13,22-23,29,31,34,47H,2,4-6,8,11,14-21,24-26H2,1H3/b7-3+/t29-,31+,34+,37+/m1/s1. The highest BCUT2D eigenvalue weighted by Gasteiger charge is 2.44. The minimum atomic E-state index is -1.97. The SMILES string of the molecule is CN1CCN(CCO[C@H]2/C=C/CCC/[SH](=O)=N\C(=O)c3ccc4c(c3)N(C[C@H]3CC[C@@H]32)C[C@@]2(CCCc3cc(Cl)ccc32)CO4)CC1. The highest BCUT2D eigenvalue weighted by atomic mass is 35.5. The van der Waals surface area contributed by atoms with Crippen LogP contribution >= 0.6 is 11.6 Å². The van der Waals surface area contributed by atoms with Crippen LogP contribution in [0.4, 0.5) is 5.69 Å². The number of aryl methyl sites for hydroxylation is 1. The molecule has 2 aromatic rings. The van der Waals surface area contributed by atoms with Crippen molar-refractivity contribution in [3.05, 3.63) is 70.3 Å². The smallest absolute Gasteiger partial charge is 0.284 e. The Balaban J connectivity index is 1.19. The molecular weight excluding hydrogens is 632 g/mol. The van der Waals surface area contributed by atoms with Crippen LogP contribution in [0.15, 0.2) is 52.9 Å². The number of likely N-dealkylation sites (N-methyl/N-ethyl adjacent to an activating group) is 1. The summed E-state index contributed by atoms with van der Waals surface area (Å²) in [4.78, 5) is 20.6. The minimum absolute atomic E-state index is 0.0506. The number of anilines is 1. The molecular formula is C37H49ClN4O4S. The number of carbonyl (C=O) groups is 1. The maximum absolute atomic E-state index is 13.2. The lowest BCUT2D eigenvalue weighted by Gasteiger charge is -2.46. The number of benzene rings is 2. The molecule has 5 atom stereocenters. The van der Waals surface area contributed by atoms with Gasteiger partial charge in [-0.2, -0.15) is 4.36 Å². The molecule has 47 heavy (non-hydrogen) atoms. The molecule has 8 nitrogen and oxygen atoms in total. The largest absolute Gasteiger partial charge is 0.490 e. The number of carbonyl (C=O) groups excluding carboxylic acids is 1. The molecule has 1 amide bonds. The third kappa shape index (κ3) is 7.44. The molecule has 0 N–H and O–H groups in total. The number of thiol groups is 1. The molecule has 10 heteroatoms. The van der Waals surface area contributed by atoms with E-state index in [2.05, 4.69) is 50.4 Å². The molecule has 2 fully saturated rings. The molecule has 5 aliphatic rings. The molecule has 2 aliphatic carbocycles. The van der Waals surface area contributed by atoms with Gasteiger partial charge in [-0.05, 0) is 105 Å². The van der Waals surface area contributed by atoms with Gasteiger partial charge in [-0.3, -0.25) is 13.9 Å². The third-order valence-electron chi connectivity index (χ3n) is 11.2. The van der Waals surface area contributed by atoms with E-state index < -0.39 is 16.5 Å². The summed E-state index contributed by atoms with van der Waals surface area (Å²) in [5.74, 6) is 1.66. The number of piperazine rings is 1. The molecule has 2 bridgehead atoms. The Hall–Kier alpha value is -2.43. The molecule has 1 saturated heterocycles. The molecule has 3 aliphatic heterocycles. The molecule has 7 rings (SSSR count). The number of hydrogen-bond acceptors (Lipinski definition) is 7. The van der Waals surface area contributed by atoms with E-state index in [0.717, 1.165) is 114 Å². The van der Waals surface area contributed by atoms with E-state index >= 15 is 0 Å². The summed E-state index contributed by atoms with van der Waals surface area (Å²) in [5.41, 5.74) is 3.85. The molecule has 1 unspecified atom stereocenters. The Morgan fingerprint density at radius 3 is 2.81 bits per heavy atom. The minimum Gasteiger partial charge on any atom is -0.490 e. The number of hydrogen-bond donors (Lipinski definition) is 1. The third-order valence-corrected chi connectivity index (χ3v) is 12.5. The van der Waals surface area contributed by atoms with Gasteiger partial charge in [-0.15, -0.1) is 0 Å². The predicted octanol–water partition coefficient (Wildman–Crippen LogP) is 5.63. The maximum Gasteiger partial charge on any atom is 0.284 e. The number of rotatable bonds is 4. The first kappa shape index (κ1) is 33.1. The average Bonchev–Trinajstić information content (AvgIpc) is 3.20. The van der Waals surface area contributed by atoms with Crippen LogP contribution < -0.4 is 9.64 Å². The van der Waals surface area contributed by atoms with Crippen LogP contribution in [0.5, 0.6) is 5.75 Å². The lowest BCUT2D eigenvalue weighted by atomic mass is 9.68. The van der Waals surface area contributed by atoms with Gasteiger partial charge in [-0.25, -0.2) is 0 Å². The Labute approximate surface area is 286 Å². The summed E-state index contributed by atoms with van der Waals surface area (Å²) in [6.07, 6.45) is 11.5. The van der Waals surface area contributed by atoms with Gasteiger partial charge in [0.1, 0.15) is 5.75 Å². The van der Waals surface area contributed by atoms with Crippen LogP contribution in [0.25, 0.3) is 0 Å². The van der Waals surface area contributed by atoms with E-state index in [1.54, 1.807) is 6.07 Å². The van der Waals surface area contributed by atoms with Crippen molar-refractivity contribution in [1.82, 2.24) is 9.80 Å². The zero-order valence-electron chi connectivity index (χ0n) is 27.6. The van der Waals surface area contributed by atoms with Crippen LogP contribution in [0.2, 0.25) is 5.02 Å². The van der Waals surface area contributed by atoms with Crippen molar-refractivity contribution in [2.75, 3.05) is 76.7 Å². The Morgan fingerprint density at radius 1 is 1.11 bits per heavy atom. The van der Waals surface area contributed by atoms with Crippen LogP contribution in [-0.4, -0.2) is 97.8 Å². The number of amides is 1. The zero-order valence-corrected chi connectivity index (χ0v) is 29.3. The summed E-state index contributed by atoms with van der Waals surface area (Å²) in [5, 5.41) is 0.776. The summed E-state index contributed by atoms with van der Waals surface area (Å²) in [7, 11) is 0.222. The summed E-state index contributed by atoms with van der Waals surface area (Å²) < 4.78 is 30.3. The molecule has 0 radical (unpaired) electrons. The molecule has 0 aromatic heterocycles. The molecule has 2 aromatic carbocycles. The summed E-state index contributed by atoms with van der Waals surface area (Å²) in [6, 6.07) is 12.0. The van der Waals surface area contributed by atoms with E-state index in [4.69, 9.17) is 21.1 Å². The van der Waals surface area contributed by atoms with E-state index in [9.17, 15) is 9.00 Å². The van der Waals surface area contributed by atoms with Crippen LogP contribution in [0.3, 0.4) is 0 Å². The highest BCUT2D eigenvalue weighted by molar-refractivity contribution is 7.75. The van der Waals surface area contributed by atoms with Crippen molar-refractivity contribution < 1.29 is 18.5 Å². The molecule has 1 spiro atoms. The normalized spacial score (nSPS) is 31.4. The van der Waals surface area contributed by atoms with Crippen molar-refractivity contribution in [1.29, 1.82) is 0 Å². The predicted molar refractivity (Wildman–Crippen MR) is 190 cm³/mol. The van der Waals surface area contributed by atoms with Crippen molar-refractivity contribution >= 4 is 33.8 Å². The maximum atomic E-state index is 13.2. The number of allylic oxidation sites excluding steroid dienone is 1. The number of halogens is 1. The molecule has 3 heterocycles. The topological polar surface area (TPSA) is 74.7 Å². The second-order valence-corrected chi connectivity index (χ2v) is 16.1. The average molecular weight is 681 g/mol. The van der Waals surface area contributed by atoms with Crippen LogP contribution in [-0.2, 0) is 27.2 Å². The highest BCUT2D eigenvalue weighted by Crippen LogP contribution is 2.47. The second-order valence-electron chi connectivity index (χ2n) is 14.3. The van der Waals surface area contributed by atoms with Crippen molar-refractivity contribution in [2.45, 2.75) is 56.5 Å². The fourth-order valence-corrected chi connectivity index (χ4v) is 9.35. The van der Waals surface area contributed by atoms with Gasteiger partial charge in [0.25, 0.3) is 5.91 Å². The van der Waals surface area contributed by atoms with Crippen LogP contribution in [0, 0.1) is 11.8 Å². The lowest BCUT2D eigenvalue weighted by Crippen LogP contribution is -2.50. The Kier molecular flexibility index (Phi) is 10.3. The quantitative estimate of drug-likeness (QED) is 0.332. The number of ether oxygens (including phenoxy) is 2. The monoisotopic (exact) mass is 680 g/mol. The summed E-state index contributed by atoms with van der Waals surface area (Å²) in [6.45, 7) is 8.31.